The van der Waals surface area contributed by atoms with E-state index >= 15 is 0 Å². The van der Waals surface area contributed by atoms with Crippen LogP contribution in [0, 0.1) is 13.8 Å². The summed E-state index contributed by atoms with van der Waals surface area (Å²) in [6.07, 6.45) is 7.04. The zero-order chi connectivity index (χ0) is 17.7. The summed E-state index contributed by atoms with van der Waals surface area (Å²) in [6.45, 7) is 9.15. The van der Waals surface area contributed by atoms with Gasteiger partial charge in [-0.1, -0.05) is 5.16 Å². The van der Waals surface area contributed by atoms with E-state index in [0.717, 1.165) is 49.8 Å². The second-order valence-corrected chi connectivity index (χ2v) is 7.66. The van der Waals surface area contributed by atoms with Gasteiger partial charge in [0.05, 0.1) is 17.1 Å². The monoisotopic (exact) mass is 351 g/mol. The fourth-order valence-corrected chi connectivity index (χ4v) is 3.88. The Labute approximate surface area is 153 Å². The van der Waals surface area contributed by atoms with Crippen LogP contribution < -0.4 is 4.90 Å². The molecule has 0 atom stereocenters. The van der Waals surface area contributed by atoms with Crippen molar-refractivity contribution >= 4 is 11.3 Å². The molecule has 2 fully saturated rings. The first kappa shape index (κ1) is 15.9. The molecule has 1 aliphatic heterocycles. The Morgan fingerprint density at radius 2 is 1.88 bits per heavy atom. The Hall–Kier alpha value is -2.34. The van der Waals surface area contributed by atoms with Crippen molar-refractivity contribution in [2.24, 2.45) is 0 Å². The van der Waals surface area contributed by atoms with Gasteiger partial charge in [-0.15, -0.1) is 0 Å². The van der Waals surface area contributed by atoms with Crippen LogP contribution in [-0.2, 0) is 6.54 Å². The molecule has 0 bridgehead atoms. The SMILES string of the molecule is Cc1noc(C)c1CN1CCN(c2ccc3nc(C4CC4)cn3c2)CC1. The summed E-state index contributed by atoms with van der Waals surface area (Å²) >= 11 is 0. The molecule has 6 heteroatoms. The summed E-state index contributed by atoms with van der Waals surface area (Å²) in [6, 6.07) is 4.36. The van der Waals surface area contributed by atoms with Gasteiger partial charge < -0.3 is 13.8 Å². The number of aromatic nitrogens is 3. The van der Waals surface area contributed by atoms with Crippen LogP contribution in [-0.4, -0.2) is 45.6 Å². The molecule has 136 valence electrons. The second-order valence-electron chi connectivity index (χ2n) is 7.66. The van der Waals surface area contributed by atoms with E-state index in [9.17, 15) is 0 Å². The topological polar surface area (TPSA) is 49.8 Å². The van der Waals surface area contributed by atoms with Crippen molar-refractivity contribution < 1.29 is 4.52 Å². The van der Waals surface area contributed by atoms with Crippen molar-refractivity contribution in [1.29, 1.82) is 0 Å². The molecule has 0 unspecified atom stereocenters. The Kier molecular flexibility index (Phi) is 3.74. The normalized spacial score (nSPS) is 18.8. The molecule has 0 amide bonds. The average molecular weight is 351 g/mol. The highest BCUT2D eigenvalue weighted by Crippen LogP contribution is 2.39. The lowest BCUT2D eigenvalue weighted by molar-refractivity contribution is 0.248. The predicted molar refractivity (Wildman–Crippen MR) is 101 cm³/mol. The van der Waals surface area contributed by atoms with Crippen LogP contribution in [0.2, 0.25) is 0 Å². The summed E-state index contributed by atoms with van der Waals surface area (Å²) in [5.74, 6) is 1.65. The number of hydrogen-bond donors (Lipinski definition) is 0. The van der Waals surface area contributed by atoms with Gasteiger partial charge in [0.15, 0.2) is 0 Å². The number of hydrogen-bond acceptors (Lipinski definition) is 5. The van der Waals surface area contributed by atoms with Crippen LogP contribution in [0.4, 0.5) is 5.69 Å². The van der Waals surface area contributed by atoms with Gasteiger partial charge in [0, 0.05) is 56.6 Å². The Morgan fingerprint density at radius 1 is 1.08 bits per heavy atom. The summed E-state index contributed by atoms with van der Waals surface area (Å²) in [4.78, 5) is 9.72. The molecule has 0 spiro atoms. The first-order chi connectivity index (χ1) is 12.7. The van der Waals surface area contributed by atoms with Gasteiger partial charge in [-0.2, -0.15) is 0 Å². The van der Waals surface area contributed by atoms with Crippen LogP contribution in [0.25, 0.3) is 5.65 Å². The maximum absolute atomic E-state index is 5.30. The van der Waals surface area contributed by atoms with E-state index in [-0.39, 0.29) is 0 Å². The molecule has 1 aliphatic carbocycles. The smallest absolute Gasteiger partial charge is 0.138 e. The molecule has 0 aromatic carbocycles. The standard InChI is InChI=1S/C20H25N5O/c1-14-18(15(2)26-22-14)12-23-7-9-24(10-8-23)17-5-6-20-21-19(16-3-4-16)13-25(20)11-17/h5-6,11,13,16H,3-4,7-10,12H2,1-2H3. The maximum Gasteiger partial charge on any atom is 0.138 e. The van der Waals surface area contributed by atoms with E-state index < -0.39 is 0 Å². The fourth-order valence-electron chi connectivity index (χ4n) is 3.88. The predicted octanol–water partition coefficient (Wildman–Crippen LogP) is 3.14. The summed E-state index contributed by atoms with van der Waals surface area (Å²) in [5, 5.41) is 4.07. The van der Waals surface area contributed by atoms with E-state index in [1.807, 2.05) is 13.8 Å². The summed E-state index contributed by atoms with van der Waals surface area (Å²) < 4.78 is 7.49. The Bertz CT molecular complexity index is 911. The van der Waals surface area contributed by atoms with Crippen molar-refractivity contribution in [3.05, 3.63) is 47.2 Å². The molecule has 26 heavy (non-hydrogen) atoms. The third kappa shape index (κ3) is 2.88. The fraction of sp³-hybridized carbons (Fsp3) is 0.500. The van der Waals surface area contributed by atoms with Gasteiger partial charge in [0.2, 0.25) is 0 Å². The van der Waals surface area contributed by atoms with E-state index in [0.29, 0.717) is 5.92 Å². The molecule has 2 aliphatic rings. The maximum atomic E-state index is 5.30. The van der Waals surface area contributed by atoms with Crippen molar-refractivity contribution in [3.8, 4) is 0 Å². The highest BCUT2D eigenvalue weighted by atomic mass is 16.5. The van der Waals surface area contributed by atoms with Crippen LogP contribution in [0.5, 0.6) is 0 Å². The van der Waals surface area contributed by atoms with Gasteiger partial charge in [-0.05, 0) is 38.8 Å². The van der Waals surface area contributed by atoms with Gasteiger partial charge in [-0.25, -0.2) is 4.98 Å². The minimum atomic E-state index is 0.700. The molecular formula is C20H25N5O. The van der Waals surface area contributed by atoms with Crippen molar-refractivity contribution in [2.75, 3.05) is 31.1 Å². The Balaban J connectivity index is 1.27. The van der Waals surface area contributed by atoms with E-state index in [1.54, 1.807) is 0 Å². The van der Waals surface area contributed by atoms with Gasteiger partial charge >= 0.3 is 0 Å². The number of aryl methyl sites for hydroxylation is 2. The lowest BCUT2D eigenvalue weighted by atomic mass is 10.1. The van der Waals surface area contributed by atoms with E-state index in [4.69, 9.17) is 9.51 Å². The molecule has 1 saturated carbocycles. The third-order valence-corrected chi connectivity index (χ3v) is 5.75. The Morgan fingerprint density at radius 3 is 2.58 bits per heavy atom. The minimum absolute atomic E-state index is 0.700. The van der Waals surface area contributed by atoms with Crippen LogP contribution in [0.1, 0.15) is 41.5 Å². The number of rotatable bonds is 4. The zero-order valence-corrected chi connectivity index (χ0v) is 15.5. The molecule has 0 radical (unpaired) electrons. The zero-order valence-electron chi connectivity index (χ0n) is 15.5. The lowest BCUT2D eigenvalue weighted by Gasteiger charge is -2.36. The number of nitrogens with zero attached hydrogens (tertiary/aromatic N) is 5. The highest BCUT2D eigenvalue weighted by Gasteiger charge is 2.26. The molecule has 3 aromatic rings. The number of imidazole rings is 1. The van der Waals surface area contributed by atoms with Gasteiger partial charge in [-0.3, -0.25) is 4.90 Å². The second kappa shape index (κ2) is 6.13. The van der Waals surface area contributed by atoms with E-state index in [1.165, 1.54) is 29.8 Å². The van der Waals surface area contributed by atoms with Crippen molar-refractivity contribution in [2.45, 2.75) is 39.2 Å². The lowest BCUT2D eigenvalue weighted by Crippen LogP contribution is -2.46. The molecule has 5 rings (SSSR count). The minimum Gasteiger partial charge on any atom is -0.368 e. The molecule has 3 aromatic heterocycles. The number of pyridine rings is 1. The van der Waals surface area contributed by atoms with Gasteiger partial charge in [0.1, 0.15) is 11.4 Å². The van der Waals surface area contributed by atoms with Crippen LogP contribution in [0.15, 0.2) is 29.0 Å². The first-order valence-electron chi connectivity index (χ1n) is 9.55. The number of piperazine rings is 1. The van der Waals surface area contributed by atoms with E-state index in [2.05, 4.69) is 43.9 Å². The van der Waals surface area contributed by atoms with Crippen molar-refractivity contribution in [3.63, 3.8) is 0 Å². The highest BCUT2D eigenvalue weighted by molar-refractivity contribution is 5.53. The van der Waals surface area contributed by atoms with Crippen molar-refractivity contribution in [1.82, 2.24) is 19.4 Å². The van der Waals surface area contributed by atoms with Crippen LogP contribution >= 0.6 is 0 Å². The quantitative estimate of drug-likeness (QED) is 0.723. The summed E-state index contributed by atoms with van der Waals surface area (Å²) in [5.41, 5.74) is 5.86. The first-order valence-corrected chi connectivity index (χ1v) is 9.55. The molecule has 4 heterocycles. The van der Waals surface area contributed by atoms with Gasteiger partial charge in [0.25, 0.3) is 0 Å². The average Bonchev–Trinajstić information content (AvgIpc) is 3.35. The number of fused-ring (bicyclic) bond motifs is 1. The molecule has 6 nitrogen and oxygen atoms in total. The number of anilines is 1. The molecule has 0 N–H and O–H groups in total. The summed E-state index contributed by atoms with van der Waals surface area (Å²) in [7, 11) is 0. The molecule has 1 saturated heterocycles. The third-order valence-electron chi connectivity index (χ3n) is 5.75. The van der Waals surface area contributed by atoms with Crippen LogP contribution in [0.3, 0.4) is 0 Å². The molecular weight excluding hydrogens is 326 g/mol. The largest absolute Gasteiger partial charge is 0.368 e.